The fourth-order valence-corrected chi connectivity index (χ4v) is 3.45. The molecule has 2 aromatic carbocycles. The van der Waals surface area contributed by atoms with E-state index >= 15 is 0 Å². The summed E-state index contributed by atoms with van der Waals surface area (Å²) < 4.78 is 26.8. The van der Waals surface area contributed by atoms with E-state index in [0.717, 1.165) is 10.9 Å². The van der Waals surface area contributed by atoms with Crippen LogP contribution in [-0.4, -0.2) is 20.9 Å². The maximum atomic E-state index is 12.2. The molecule has 20 heavy (non-hydrogen) atoms. The first-order valence-electron chi connectivity index (χ1n) is 6.24. The number of nitrogens with one attached hydrogen (secondary N) is 1. The number of hydrogen-bond acceptors (Lipinski definition) is 3. The molecule has 0 bridgehead atoms. The van der Waals surface area contributed by atoms with Crippen LogP contribution in [0.1, 0.15) is 12.5 Å². The Bertz CT molecular complexity index is 754. The van der Waals surface area contributed by atoms with E-state index in [0.29, 0.717) is 11.9 Å². The maximum Gasteiger partial charge on any atom is 0.241 e. The van der Waals surface area contributed by atoms with Gasteiger partial charge in [0, 0.05) is 11.9 Å². The van der Waals surface area contributed by atoms with Crippen molar-refractivity contribution >= 4 is 26.7 Å². The van der Waals surface area contributed by atoms with Crippen molar-refractivity contribution in [2.24, 2.45) is 5.73 Å². The molecule has 5 nitrogen and oxygen atoms in total. The fourth-order valence-electron chi connectivity index (χ4n) is 2.19. The largest absolute Gasteiger partial charge is 0.369 e. The molecule has 0 radical (unpaired) electrons. The van der Waals surface area contributed by atoms with E-state index < -0.39 is 15.9 Å². The quantitative estimate of drug-likeness (QED) is 0.866. The fraction of sp³-hybridized carbons (Fsp3) is 0.214. The molecule has 2 aromatic rings. The van der Waals surface area contributed by atoms with E-state index in [-0.39, 0.29) is 11.3 Å². The van der Waals surface area contributed by atoms with Crippen LogP contribution in [-0.2, 0) is 21.2 Å². The molecule has 0 unspecified atom stereocenters. The summed E-state index contributed by atoms with van der Waals surface area (Å²) in [6, 6.07) is 10.2. The van der Waals surface area contributed by atoms with E-state index in [1.54, 1.807) is 43.3 Å². The molecule has 0 saturated heterocycles. The lowest BCUT2D eigenvalue weighted by Gasteiger charge is -2.10. The third-order valence-corrected chi connectivity index (χ3v) is 4.56. The number of primary amides is 1. The molecule has 0 aliphatic heterocycles. The van der Waals surface area contributed by atoms with Gasteiger partial charge in [-0.15, -0.1) is 0 Å². The van der Waals surface area contributed by atoms with Crippen molar-refractivity contribution in [1.29, 1.82) is 0 Å². The van der Waals surface area contributed by atoms with E-state index in [1.165, 1.54) is 0 Å². The first-order chi connectivity index (χ1) is 9.45. The Kier molecular flexibility index (Phi) is 4.06. The van der Waals surface area contributed by atoms with Gasteiger partial charge >= 0.3 is 0 Å². The molecule has 0 saturated carbocycles. The molecule has 3 N–H and O–H groups in total. The zero-order chi connectivity index (χ0) is 14.8. The molecule has 1 amide bonds. The summed E-state index contributed by atoms with van der Waals surface area (Å²) >= 11 is 0. The Morgan fingerprint density at radius 3 is 2.45 bits per heavy atom. The molecule has 0 heterocycles. The van der Waals surface area contributed by atoms with Gasteiger partial charge in [-0.3, -0.25) is 4.79 Å². The molecule has 0 spiro atoms. The van der Waals surface area contributed by atoms with Crippen LogP contribution in [0.2, 0.25) is 0 Å². The van der Waals surface area contributed by atoms with Crippen LogP contribution in [0.5, 0.6) is 0 Å². The van der Waals surface area contributed by atoms with E-state index in [9.17, 15) is 13.2 Å². The minimum atomic E-state index is -3.55. The Balaban J connectivity index is 2.68. The lowest BCUT2D eigenvalue weighted by Crippen LogP contribution is -2.23. The van der Waals surface area contributed by atoms with Gasteiger partial charge in [-0.2, -0.15) is 0 Å². The lowest BCUT2D eigenvalue weighted by atomic mass is 10.0. The van der Waals surface area contributed by atoms with Crippen molar-refractivity contribution in [3.63, 3.8) is 0 Å². The van der Waals surface area contributed by atoms with Gasteiger partial charge in [-0.05, 0) is 17.0 Å². The number of rotatable bonds is 5. The van der Waals surface area contributed by atoms with Crippen LogP contribution in [0.15, 0.2) is 41.3 Å². The number of nitrogens with two attached hydrogens (primary N) is 1. The van der Waals surface area contributed by atoms with Gasteiger partial charge in [0.15, 0.2) is 0 Å². The van der Waals surface area contributed by atoms with Gasteiger partial charge in [0.2, 0.25) is 15.9 Å². The molecule has 2 rings (SSSR count). The normalized spacial score (nSPS) is 11.7. The Morgan fingerprint density at radius 2 is 1.80 bits per heavy atom. The van der Waals surface area contributed by atoms with Crippen LogP contribution in [0.3, 0.4) is 0 Å². The number of benzene rings is 2. The van der Waals surface area contributed by atoms with Crippen LogP contribution in [0.4, 0.5) is 0 Å². The number of carbonyl (C=O) groups excluding carboxylic acids is 1. The number of hydrogen-bond donors (Lipinski definition) is 2. The van der Waals surface area contributed by atoms with E-state index in [4.69, 9.17) is 5.73 Å². The summed E-state index contributed by atoms with van der Waals surface area (Å²) in [5, 5.41) is 1.32. The third-order valence-electron chi connectivity index (χ3n) is 2.96. The van der Waals surface area contributed by atoms with Crippen LogP contribution < -0.4 is 10.5 Å². The van der Waals surface area contributed by atoms with Gasteiger partial charge in [0.25, 0.3) is 0 Å². The zero-order valence-electron chi connectivity index (χ0n) is 11.1. The monoisotopic (exact) mass is 292 g/mol. The van der Waals surface area contributed by atoms with Crippen molar-refractivity contribution in [1.82, 2.24) is 4.72 Å². The first kappa shape index (κ1) is 14.5. The van der Waals surface area contributed by atoms with Crippen molar-refractivity contribution in [2.45, 2.75) is 18.2 Å². The maximum absolute atomic E-state index is 12.2. The topological polar surface area (TPSA) is 89.3 Å². The third kappa shape index (κ3) is 2.81. The van der Waals surface area contributed by atoms with Crippen molar-refractivity contribution in [3.8, 4) is 0 Å². The number of amides is 1. The molecule has 0 atom stereocenters. The lowest BCUT2D eigenvalue weighted by molar-refractivity contribution is -0.117. The van der Waals surface area contributed by atoms with Gasteiger partial charge < -0.3 is 5.73 Å². The Labute approximate surface area is 117 Å². The number of sulfonamides is 1. The predicted molar refractivity (Wildman–Crippen MR) is 77.7 cm³/mol. The number of fused-ring (bicyclic) bond motifs is 1. The minimum Gasteiger partial charge on any atom is -0.369 e. The second-order valence-corrected chi connectivity index (χ2v) is 6.15. The first-order valence-corrected chi connectivity index (χ1v) is 7.72. The highest BCUT2D eigenvalue weighted by atomic mass is 32.2. The van der Waals surface area contributed by atoms with E-state index in [1.807, 2.05) is 0 Å². The molecule has 0 fully saturated rings. The van der Waals surface area contributed by atoms with E-state index in [2.05, 4.69) is 4.72 Å². The molecule has 0 aliphatic carbocycles. The summed E-state index contributed by atoms with van der Waals surface area (Å²) in [6.45, 7) is 2.04. The van der Waals surface area contributed by atoms with Gasteiger partial charge in [0.05, 0.1) is 11.3 Å². The van der Waals surface area contributed by atoms with Crippen molar-refractivity contribution < 1.29 is 13.2 Å². The molecule has 106 valence electrons. The standard InChI is InChI=1S/C14H16N2O3S/c1-2-16-20(18,19)13-8-4-6-11-10(9-14(15)17)5-3-7-12(11)13/h3-8,16H,2,9H2,1H3,(H2,15,17). The summed E-state index contributed by atoms with van der Waals surface area (Å²) in [5.74, 6) is -0.447. The predicted octanol–water partition coefficient (Wildman–Crippen LogP) is 1.17. The van der Waals surface area contributed by atoms with Crippen LogP contribution >= 0.6 is 0 Å². The molecular weight excluding hydrogens is 276 g/mol. The second-order valence-electron chi connectivity index (χ2n) is 4.41. The summed E-state index contributed by atoms with van der Waals surface area (Å²) in [7, 11) is -3.55. The average Bonchev–Trinajstić information content (AvgIpc) is 2.37. The Hall–Kier alpha value is -1.92. The second kappa shape index (κ2) is 5.60. The highest BCUT2D eigenvalue weighted by Crippen LogP contribution is 2.26. The summed E-state index contributed by atoms with van der Waals surface area (Å²) in [6.07, 6.45) is 0.0854. The summed E-state index contributed by atoms with van der Waals surface area (Å²) in [4.78, 5) is 11.3. The van der Waals surface area contributed by atoms with Crippen LogP contribution in [0.25, 0.3) is 10.8 Å². The van der Waals surface area contributed by atoms with Gasteiger partial charge in [-0.25, -0.2) is 13.1 Å². The van der Waals surface area contributed by atoms with Crippen LogP contribution in [0, 0.1) is 0 Å². The van der Waals surface area contributed by atoms with Gasteiger partial charge in [0.1, 0.15) is 0 Å². The minimum absolute atomic E-state index is 0.0854. The molecular formula is C14H16N2O3S. The SMILES string of the molecule is CCNS(=O)(=O)c1cccc2c(CC(N)=O)cccc12. The summed E-state index contributed by atoms with van der Waals surface area (Å²) in [5.41, 5.74) is 5.94. The highest BCUT2D eigenvalue weighted by Gasteiger charge is 2.17. The molecule has 0 aromatic heterocycles. The Morgan fingerprint density at radius 1 is 1.15 bits per heavy atom. The molecule has 6 heteroatoms. The smallest absolute Gasteiger partial charge is 0.241 e. The number of carbonyl (C=O) groups is 1. The average molecular weight is 292 g/mol. The molecule has 0 aliphatic rings. The highest BCUT2D eigenvalue weighted by molar-refractivity contribution is 7.89. The van der Waals surface area contributed by atoms with Gasteiger partial charge in [-0.1, -0.05) is 37.3 Å². The van der Waals surface area contributed by atoms with Crippen molar-refractivity contribution in [2.75, 3.05) is 6.54 Å². The zero-order valence-corrected chi connectivity index (χ0v) is 11.9. The van der Waals surface area contributed by atoms with Crippen molar-refractivity contribution in [3.05, 3.63) is 42.0 Å².